The lowest BCUT2D eigenvalue weighted by atomic mass is 9.87. The monoisotopic (exact) mass is 399 g/mol. The Morgan fingerprint density at radius 1 is 1.27 bits per heavy atom. The van der Waals surface area contributed by atoms with E-state index in [2.05, 4.69) is 55.3 Å². The third-order valence-corrected chi connectivity index (χ3v) is 5.55. The molecule has 0 bridgehead atoms. The molecule has 1 aliphatic rings. The van der Waals surface area contributed by atoms with Gasteiger partial charge in [0.25, 0.3) is 0 Å². The fourth-order valence-electron chi connectivity index (χ4n) is 3.14. The van der Waals surface area contributed by atoms with Gasteiger partial charge >= 0.3 is 0 Å². The number of thioether (sulfide) groups is 1. The molecular weight excluding hydrogens is 366 g/mol. The normalized spacial score (nSPS) is 16.7. The van der Waals surface area contributed by atoms with Gasteiger partial charge in [-0.25, -0.2) is 0 Å². The number of rotatable bonds is 6. The van der Waals surface area contributed by atoms with E-state index in [-0.39, 0.29) is 35.8 Å². The van der Waals surface area contributed by atoms with Gasteiger partial charge in [-0.1, -0.05) is 32.9 Å². The number of carbonyl (C=O) groups is 1. The number of nitrogens with one attached hydrogen (secondary N) is 1. The highest BCUT2D eigenvalue weighted by Crippen LogP contribution is 2.26. The number of nitrogens with zero attached hydrogens (tertiary/aromatic N) is 1. The highest BCUT2D eigenvalue weighted by atomic mass is 35.5. The Bertz CT molecular complexity index is 551. The van der Waals surface area contributed by atoms with E-state index in [1.165, 1.54) is 11.3 Å². The summed E-state index contributed by atoms with van der Waals surface area (Å²) in [7, 11) is 0. The van der Waals surface area contributed by atoms with E-state index in [0.717, 1.165) is 38.1 Å². The number of nitrogens with two attached hydrogens (primary N) is 1. The van der Waals surface area contributed by atoms with Crippen molar-refractivity contribution in [3.63, 3.8) is 0 Å². The second kappa shape index (κ2) is 10.4. The van der Waals surface area contributed by atoms with Gasteiger partial charge in [-0.15, -0.1) is 12.4 Å². The highest BCUT2D eigenvalue weighted by molar-refractivity contribution is 7.98. The van der Waals surface area contributed by atoms with Crippen LogP contribution in [0.3, 0.4) is 0 Å². The molecule has 1 amide bonds. The fourth-order valence-corrected chi connectivity index (χ4v) is 3.63. The number of piperidine rings is 1. The summed E-state index contributed by atoms with van der Waals surface area (Å²) in [6.45, 7) is 8.65. The maximum atomic E-state index is 12.1. The molecule has 1 atom stereocenters. The van der Waals surface area contributed by atoms with Gasteiger partial charge in [0.2, 0.25) is 5.91 Å². The molecule has 148 valence electrons. The zero-order chi connectivity index (χ0) is 18.4. The summed E-state index contributed by atoms with van der Waals surface area (Å²) in [6, 6.07) is 8.77. The molecule has 1 aromatic carbocycles. The first kappa shape index (κ1) is 23.1. The van der Waals surface area contributed by atoms with Gasteiger partial charge in [-0.2, -0.15) is 11.8 Å². The number of hydrogen-bond acceptors (Lipinski definition) is 4. The van der Waals surface area contributed by atoms with E-state index >= 15 is 0 Å². The molecule has 1 saturated heterocycles. The minimum atomic E-state index is -0.379. The third kappa shape index (κ3) is 6.67. The van der Waals surface area contributed by atoms with Crippen molar-refractivity contribution in [2.24, 2.45) is 5.73 Å². The van der Waals surface area contributed by atoms with Crippen molar-refractivity contribution >= 4 is 35.8 Å². The first-order valence-electron chi connectivity index (χ1n) is 9.21. The average molecular weight is 400 g/mol. The summed E-state index contributed by atoms with van der Waals surface area (Å²) in [5.41, 5.74) is 8.77. The summed E-state index contributed by atoms with van der Waals surface area (Å²) in [5.74, 6) is 0.930. The molecule has 0 aliphatic carbocycles. The molecule has 1 heterocycles. The highest BCUT2D eigenvalue weighted by Gasteiger charge is 2.23. The molecule has 0 saturated carbocycles. The minimum absolute atomic E-state index is 0. The molecular formula is C20H34ClN3OS. The molecule has 26 heavy (non-hydrogen) atoms. The SMILES string of the molecule is CSCC[C@H](N)C(=O)NC1CCN(c2ccc(C(C)(C)C)cc2)CC1.Cl. The predicted molar refractivity (Wildman–Crippen MR) is 117 cm³/mol. The number of halogens is 1. The molecule has 3 N–H and O–H groups in total. The Labute approximate surface area is 169 Å². The molecule has 1 aliphatic heterocycles. The second-order valence-corrected chi connectivity index (χ2v) is 8.94. The standard InChI is InChI=1S/C20H33N3OS.ClH/c1-20(2,3)15-5-7-17(8-6-15)23-12-9-16(10-13-23)22-19(24)18(21)11-14-25-4;/h5-8,16,18H,9-14,21H2,1-4H3,(H,22,24);1H/t18-;/m0./s1. The van der Waals surface area contributed by atoms with E-state index in [9.17, 15) is 4.79 Å². The van der Waals surface area contributed by atoms with Crippen LogP contribution in [0.1, 0.15) is 45.6 Å². The topological polar surface area (TPSA) is 58.4 Å². The van der Waals surface area contributed by atoms with Gasteiger partial charge in [0.15, 0.2) is 0 Å². The molecule has 0 spiro atoms. The Kier molecular flexibility index (Phi) is 9.28. The van der Waals surface area contributed by atoms with E-state index in [1.54, 1.807) is 11.8 Å². The van der Waals surface area contributed by atoms with E-state index in [4.69, 9.17) is 5.73 Å². The maximum absolute atomic E-state index is 12.1. The number of amides is 1. The first-order valence-corrected chi connectivity index (χ1v) is 10.6. The van der Waals surface area contributed by atoms with Gasteiger partial charge in [0, 0.05) is 24.8 Å². The number of hydrogen-bond donors (Lipinski definition) is 2. The second-order valence-electron chi connectivity index (χ2n) is 7.95. The molecule has 0 aromatic heterocycles. The zero-order valence-corrected chi connectivity index (χ0v) is 18.1. The van der Waals surface area contributed by atoms with Crippen molar-refractivity contribution < 1.29 is 4.79 Å². The summed E-state index contributed by atoms with van der Waals surface area (Å²) < 4.78 is 0. The van der Waals surface area contributed by atoms with Crippen LogP contribution in [-0.4, -0.2) is 43.1 Å². The van der Waals surface area contributed by atoms with Crippen LogP contribution in [0.25, 0.3) is 0 Å². The largest absolute Gasteiger partial charge is 0.371 e. The van der Waals surface area contributed by atoms with Gasteiger partial charge < -0.3 is 16.0 Å². The van der Waals surface area contributed by atoms with Crippen LogP contribution in [-0.2, 0) is 10.2 Å². The van der Waals surface area contributed by atoms with Crippen molar-refractivity contribution in [1.82, 2.24) is 5.32 Å². The lowest BCUT2D eigenvalue weighted by Gasteiger charge is -2.34. The quantitative estimate of drug-likeness (QED) is 0.767. The lowest BCUT2D eigenvalue weighted by Crippen LogP contribution is -2.49. The van der Waals surface area contributed by atoms with Gasteiger partial charge in [-0.3, -0.25) is 4.79 Å². The van der Waals surface area contributed by atoms with E-state index in [0.29, 0.717) is 0 Å². The van der Waals surface area contributed by atoms with Crippen LogP contribution < -0.4 is 16.0 Å². The molecule has 4 nitrogen and oxygen atoms in total. The molecule has 0 unspecified atom stereocenters. The van der Waals surface area contributed by atoms with Crippen molar-refractivity contribution in [2.45, 2.75) is 57.5 Å². The summed E-state index contributed by atoms with van der Waals surface area (Å²) in [5, 5.41) is 3.13. The van der Waals surface area contributed by atoms with Crippen LogP contribution >= 0.6 is 24.2 Å². The first-order chi connectivity index (χ1) is 11.8. The molecule has 1 aromatic rings. The molecule has 2 rings (SSSR count). The van der Waals surface area contributed by atoms with Crippen LogP contribution in [0.5, 0.6) is 0 Å². The van der Waals surface area contributed by atoms with Gasteiger partial charge in [0.05, 0.1) is 6.04 Å². The molecule has 0 radical (unpaired) electrons. The van der Waals surface area contributed by atoms with Crippen molar-refractivity contribution in [3.05, 3.63) is 29.8 Å². The Hall–Kier alpha value is -0.910. The van der Waals surface area contributed by atoms with Crippen LogP contribution in [0.15, 0.2) is 24.3 Å². The van der Waals surface area contributed by atoms with Crippen molar-refractivity contribution in [1.29, 1.82) is 0 Å². The van der Waals surface area contributed by atoms with Crippen molar-refractivity contribution in [2.75, 3.05) is 30.0 Å². The average Bonchev–Trinajstić information content (AvgIpc) is 2.59. The number of anilines is 1. The summed E-state index contributed by atoms with van der Waals surface area (Å²) in [6.07, 6.45) is 4.73. The fraction of sp³-hybridized carbons (Fsp3) is 0.650. The third-order valence-electron chi connectivity index (χ3n) is 4.91. The number of carbonyl (C=O) groups excluding carboxylic acids is 1. The van der Waals surface area contributed by atoms with Gasteiger partial charge in [0.1, 0.15) is 0 Å². The minimum Gasteiger partial charge on any atom is -0.371 e. The lowest BCUT2D eigenvalue weighted by molar-refractivity contribution is -0.123. The maximum Gasteiger partial charge on any atom is 0.237 e. The predicted octanol–water partition coefficient (Wildman–Crippen LogP) is 3.57. The van der Waals surface area contributed by atoms with Crippen molar-refractivity contribution in [3.8, 4) is 0 Å². The summed E-state index contributed by atoms with van der Waals surface area (Å²) >= 11 is 1.73. The Morgan fingerprint density at radius 2 is 1.85 bits per heavy atom. The van der Waals surface area contributed by atoms with Gasteiger partial charge in [-0.05, 0) is 54.4 Å². The molecule has 6 heteroatoms. The number of benzene rings is 1. The van der Waals surface area contributed by atoms with Crippen LogP contribution in [0.4, 0.5) is 5.69 Å². The Morgan fingerprint density at radius 3 is 2.35 bits per heavy atom. The zero-order valence-electron chi connectivity index (χ0n) is 16.5. The van der Waals surface area contributed by atoms with E-state index < -0.39 is 0 Å². The summed E-state index contributed by atoms with van der Waals surface area (Å²) in [4.78, 5) is 14.5. The molecule has 1 fully saturated rings. The van der Waals surface area contributed by atoms with Crippen LogP contribution in [0, 0.1) is 0 Å². The van der Waals surface area contributed by atoms with E-state index in [1.807, 2.05) is 6.26 Å². The Balaban J connectivity index is 0.00000338. The smallest absolute Gasteiger partial charge is 0.237 e. The van der Waals surface area contributed by atoms with Crippen LogP contribution in [0.2, 0.25) is 0 Å².